The Morgan fingerprint density at radius 2 is 1.78 bits per heavy atom. The normalized spacial score (nSPS) is 15.5. The highest BCUT2D eigenvalue weighted by molar-refractivity contribution is 7.88. The van der Waals surface area contributed by atoms with Crippen molar-refractivity contribution >= 4 is 50.7 Å². The molecular weight excluding hydrogens is 495 g/mol. The lowest BCUT2D eigenvalue weighted by molar-refractivity contribution is -0.126. The van der Waals surface area contributed by atoms with Crippen LogP contribution in [-0.4, -0.2) is 44.9 Å². The zero-order chi connectivity index (χ0) is 23.3. The Bertz CT molecular complexity index is 1070. The number of amides is 1. The fourth-order valence-electron chi connectivity index (χ4n) is 3.48. The van der Waals surface area contributed by atoms with E-state index in [4.69, 9.17) is 39.5 Å². The van der Waals surface area contributed by atoms with Gasteiger partial charge in [-0.15, -0.1) is 0 Å². The van der Waals surface area contributed by atoms with Gasteiger partial charge >= 0.3 is 0 Å². The molecular formula is C22H25Cl3N2O4S. The van der Waals surface area contributed by atoms with Crippen LogP contribution in [0.3, 0.4) is 0 Å². The van der Waals surface area contributed by atoms with Crippen molar-refractivity contribution in [1.82, 2.24) is 9.62 Å². The topological polar surface area (TPSA) is 75.7 Å². The number of hydrogen-bond acceptors (Lipinski definition) is 4. The van der Waals surface area contributed by atoms with Crippen molar-refractivity contribution in [1.29, 1.82) is 0 Å². The maximum atomic E-state index is 12.7. The summed E-state index contributed by atoms with van der Waals surface area (Å²) in [4.78, 5) is 12.4. The molecule has 0 aromatic heterocycles. The molecule has 0 spiro atoms. The van der Waals surface area contributed by atoms with Crippen LogP contribution < -0.4 is 10.1 Å². The first kappa shape index (κ1) is 25.1. The van der Waals surface area contributed by atoms with Gasteiger partial charge < -0.3 is 10.1 Å². The van der Waals surface area contributed by atoms with Crippen LogP contribution in [0, 0.1) is 12.8 Å². The molecule has 0 saturated carbocycles. The first-order valence-electron chi connectivity index (χ1n) is 10.2. The lowest BCUT2D eigenvalue weighted by Gasteiger charge is -2.30. The van der Waals surface area contributed by atoms with Gasteiger partial charge in [0.15, 0.2) is 0 Å². The van der Waals surface area contributed by atoms with Gasteiger partial charge in [-0.1, -0.05) is 46.9 Å². The molecule has 10 heteroatoms. The second-order valence-electron chi connectivity index (χ2n) is 7.73. The van der Waals surface area contributed by atoms with Crippen LogP contribution >= 0.6 is 34.8 Å². The van der Waals surface area contributed by atoms with E-state index in [0.29, 0.717) is 65.5 Å². The van der Waals surface area contributed by atoms with Gasteiger partial charge in [0.1, 0.15) is 12.4 Å². The van der Waals surface area contributed by atoms with Crippen molar-refractivity contribution in [3.05, 3.63) is 62.6 Å². The molecule has 1 aliphatic rings. The van der Waals surface area contributed by atoms with Crippen LogP contribution in [0.25, 0.3) is 0 Å². The lowest BCUT2D eigenvalue weighted by atomic mass is 9.97. The summed E-state index contributed by atoms with van der Waals surface area (Å²) in [5.74, 6) is 0.189. The van der Waals surface area contributed by atoms with E-state index >= 15 is 0 Å². The van der Waals surface area contributed by atoms with Crippen LogP contribution in [0.1, 0.15) is 24.0 Å². The predicted molar refractivity (Wildman–Crippen MR) is 128 cm³/mol. The molecule has 174 valence electrons. The SMILES string of the molecule is Cc1ccc(OCCNC(=O)C2CCN(S(=O)(=O)Cc3ccc(Cl)c(Cl)c3)CC2)cc1Cl. The van der Waals surface area contributed by atoms with Gasteiger partial charge in [0, 0.05) is 24.0 Å². The zero-order valence-electron chi connectivity index (χ0n) is 17.6. The molecule has 0 radical (unpaired) electrons. The highest BCUT2D eigenvalue weighted by Gasteiger charge is 2.31. The number of piperidine rings is 1. The van der Waals surface area contributed by atoms with E-state index < -0.39 is 10.0 Å². The molecule has 1 aliphatic heterocycles. The summed E-state index contributed by atoms with van der Waals surface area (Å²) in [5, 5.41) is 4.20. The number of aryl methyl sites for hydroxylation is 1. The third-order valence-electron chi connectivity index (χ3n) is 5.36. The number of rotatable bonds is 8. The number of benzene rings is 2. The largest absolute Gasteiger partial charge is 0.492 e. The van der Waals surface area contributed by atoms with Crippen molar-refractivity contribution in [2.24, 2.45) is 5.92 Å². The molecule has 0 aliphatic carbocycles. The number of nitrogens with zero attached hydrogens (tertiary/aromatic N) is 1. The number of hydrogen-bond donors (Lipinski definition) is 1. The van der Waals surface area contributed by atoms with E-state index in [0.717, 1.165) is 5.56 Å². The van der Waals surface area contributed by atoms with Crippen LogP contribution in [0.5, 0.6) is 5.75 Å². The summed E-state index contributed by atoms with van der Waals surface area (Å²) >= 11 is 17.9. The van der Waals surface area contributed by atoms with Crippen LogP contribution in [0.15, 0.2) is 36.4 Å². The van der Waals surface area contributed by atoms with Gasteiger partial charge in [0.2, 0.25) is 15.9 Å². The highest BCUT2D eigenvalue weighted by Crippen LogP contribution is 2.26. The Morgan fingerprint density at radius 3 is 2.44 bits per heavy atom. The van der Waals surface area contributed by atoms with Crippen LogP contribution in [-0.2, 0) is 20.6 Å². The monoisotopic (exact) mass is 518 g/mol. The molecule has 2 aromatic carbocycles. The van der Waals surface area contributed by atoms with Gasteiger partial charge in [-0.2, -0.15) is 0 Å². The molecule has 1 N–H and O–H groups in total. The molecule has 0 unspecified atom stereocenters. The average Bonchev–Trinajstić information content (AvgIpc) is 2.76. The molecule has 0 bridgehead atoms. The summed E-state index contributed by atoms with van der Waals surface area (Å²) in [6.45, 7) is 3.21. The molecule has 1 fully saturated rings. The second-order valence-corrected chi connectivity index (χ2v) is 10.9. The maximum Gasteiger partial charge on any atom is 0.223 e. The van der Waals surface area contributed by atoms with Crippen molar-refractivity contribution in [3.8, 4) is 5.75 Å². The minimum Gasteiger partial charge on any atom is -0.492 e. The predicted octanol–water partition coefficient (Wildman–Crippen LogP) is 4.69. The fourth-order valence-corrected chi connectivity index (χ4v) is 5.52. The zero-order valence-corrected chi connectivity index (χ0v) is 20.7. The first-order valence-corrected chi connectivity index (χ1v) is 13.0. The number of carbonyl (C=O) groups excluding carboxylic acids is 1. The Balaban J connectivity index is 1.42. The van der Waals surface area contributed by atoms with Gasteiger partial charge in [0.05, 0.1) is 22.3 Å². The smallest absolute Gasteiger partial charge is 0.223 e. The molecule has 32 heavy (non-hydrogen) atoms. The number of halogens is 3. The van der Waals surface area contributed by atoms with Crippen LogP contribution in [0.4, 0.5) is 0 Å². The van der Waals surface area contributed by atoms with E-state index in [-0.39, 0.29) is 17.6 Å². The summed E-state index contributed by atoms with van der Waals surface area (Å²) in [6, 6.07) is 10.2. The average molecular weight is 520 g/mol. The first-order chi connectivity index (χ1) is 15.2. The van der Waals surface area contributed by atoms with E-state index in [2.05, 4.69) is 5.32 Å². The number of nitrogens with one attached hydrogen (secondary N) is 1. The van der Waals surface area contributed by atoms with Gasteiger partial charge in [-0.3, -0.25) is 4.79 Å². The highest BCUT2D eigenvalue weighted by atomic mass is 35.5. The van der Waals surface area contributed by atoms with Gasteiger partial charge in [0.25, 0.3) is 0 Å². The Kier molecular flexibility index (Phi) is 8.69. The molecule has 1 saturated heterocycles. The Labute approximate surface area is 203 Å². The van der Waals surface area contributed by atoms with Crippen LogP contribution in [0.2, 0.25) is 15.1 Å². The number of sulfonamides is 1. The Hall–Kier alpha value is -1.51. The fraction of sp³-hybridized carbons (Fsp3) is 0.409. The molecule has 6 nitrogen and oxygen atoms in total. The van der Waals surface area contributed by atoms with E-state index in [1.807, 2.05) is 19.1 Å². The van der Waals surface area contributed by atoms with Crippen molar-refractivity contribution in [3.63, 3.8) is 0 Å². The summed E-state index contributed by atoms with van der Waals surface area (Å²) in [5.41, 5.74) is 1.55. The quantitative estimate of drug-likeness (QED) is 0.513. The standard InChI is InChI=1S/C22H25Cl3N2O4S/c1-15-2-4-18(13-20(15)24)31-11-8-26-22(28)17-6-9-27(10-7-17)32(29,30)14-16-3-5-19(23)21(25)12-16/h2-5,12-13,17H,6-11,14H2,1H3,(H,26,28). The second kappa shape index (κ2) is 11.1. The summed E-state index contributed by atoms with van der Waals surface area (Å²) in [7, 11) is -3.50. The summed E-state index contributed by atoms with van der Waals surface area (Å²) in [6.07, 6.45) is 0.946. The van der Waals surface area contributed by atoms with Gasteiger partial charge in [-0.05, 0) is 55.2 Å². The third kappa shape index (κ3) is 6.75. The Morgan fingerprint density at radius 1 is 1.06 bits per heavy atom. The van der Waals surface area contributed by atoms with Gasteiger partial charge in [-0.25, -0.2) is 12.7 Å². The van der Waals surface area contributed by atoms with E-state index in [9.17, 15) is 13.2 Å². The molecule has 1 amide bonds. The van der Waals surface area contributed by atoms with Crippen molar-refractivity contribution in [2.75, 3.05) is 26.2 Å². The maximum absolute atomic E-state index is 12.7. The van der Waals surface area contributed by atoms with Crippen molar-refractivity contribution < 1.29 is 17.9 Å². The van der Waals surface area contributed by atoms with E-state index in [1.54, 1.807) is 24.3 Å². The number of carbonyl (C=O) groups is 1. The van der Waals surface area contributed by atoms with E-state index in [1.165, 1.54) is 4.31 Å². The molecule has 3 rings (SSSR count). The lowest BCUT2D eigenvalue weighted by Crippen LogP contribution is -2.43. The summed E-state index contributed by atoms with van der Waals surface area (Å²) < 4.78 is 32.5. The molecule has 1 heterocycles. The number of ether oxygens (including phenoxy) is 1. The minimum absolute atomic E-state index is 0.0860. The van der Waals surface area contributed by atoms with Crippen molar-refractivity contribution in [2.45, 2.75) is 25.5 Å². The molecule has 2 aromatic rings. The third-order valence-corrected chi connectivity index (χ3v) is 8.36. The molecule has 0 atom stereocenters. The minimum atomic E-state index is -3.50.